The molecule has 1 fully saturated rings. The third kappa shape index (κ3) is 3.63. The normalized spacial score (nSPS) is 23.5. The van der Waals surface area contributed by atoms with Crippen molar-refractivity contribution in [2.75, 3.05) is 13.1 Å². The average Bonchev–Trinajstić information content (AvgIpc) is 2.36. The number of benzene rings is 1. The highest BCUT2D eigenvalue weighted by Gasteiger charge is 2.49. The SMILES string of the molecule is Cc1ccc(S(=O)(=O)N2CC(C(F)(F)F)CC(C)(C)C2)cc1. The van der Waals surface area contributed by atoms with E-state index in [9.17, 15) is 21.6 Å². The van der Waals surface area contributed by atoms with E-state index in [4.69, 9.17) is 0 Å². The largest absolute Gasteiger partial charge is 0.393 e. The van der Waals surface area contributed by atoms with Gasteiger partial charge in [-0.2, -0.15) is 17.5 Å². The molecule has 1 aromatic carbocycles. The van der Waals surface area contributed by atoms with E-state index in [2.05, 4.69) is 0 Å². The number of hydrogen-bond acceptors (Lipinski definition) is 2. The van der Waals surface area contributed by atoms with Gasteiger partial charge < -0.3 is 0 Å². The van der Waals surface area contributed by atoms with Gasteiger partial charge in [0.1, 0.15) is 0 Å². The lowest BCUT2D eigenvalue weighted by Crippen LogP contribution is -2.51. The lowest BCUT2D eigenvalue weighted by Gasteiger charge is -2.42. The van der Waals surface area contributed by atoms with Crippen LogP contribution in [0.2, 0.25) is 0 Å². The van der Waals surface area contributed by atoms with Gasteiger partial charge in [0.05, 0.1) is 10.8 Å². The van der Waals surface area contributed by atoms with Gasteiger partial charge in [-0.05, 0) is 30.9 Å². The van der Waals surface area contributed by atoms with Crippen molar-refractivity contribution >= 4 is 10.0 Å². The van der Waals surface area contributed by atoms with Gasteiger partial charge in [0.25, 0.3) is 0 Å². The average molecular weight is 335 g/mol. The van der Waals surface area contributed by atoms with Crippen LogP contribution >= 0.6 is 0 Å². The summed E-state index contributed by atoms with van der Waals surface area (Å²) in [6.45, 7) is 4.74. The van der Waals surface area contributed by atoms with E-state index in [1.165, 1.54) is 12.1 Å². The first kappa shape index (κ1) is 17.3. The molecule has 1 aliphatic heterocycles. The third-order valence-electron chi connectivity index (χ3n) is 3.95. The number of sulfonamides is 1. The zero-order chi connectivity index (χ0) is 16.8. The Morgan fingerprint density at radius 3 is 2.23 bits per heavy atom. The zero-order valence-corrected chi connectivity index (χ0v) is 13.6. The number of rotatable bonds is 2. The quantitative estimate of drug-likeness (QED) is 0.828. The van der Waals surface area contributed by atoms with Gasteiger partial charge in [0.15, 0.2) is 0 Å². The molecular formula is C15H20F3NO2S. The summed E-state index contributed by atoms with van der Waals surface area (Å²) in [6.07, 6.45) is -4.45. The molecule has 2 rings (SSSR count). The Kier molecular flexibility index (Phi) is 4.34. The molecule has 0 radical (unpaired) electrons. The molecule has 0 amide bonds. The second-order valence-electron chi connectivity index (χ2n) is 6.72. The molecule has 1 heterocycles. The highest BCUT2D eigenvalue weighted by Crippen LogP contribution is 2.42. The molecule has 0 aromatic heterocycles. The fourth-order valence-electron chi connectivity index (χ4n) is 2.85. The summed E-state index contributed by atoms with van der Waals surface area (Å²) in [5.41, 5.74) is 0.182. The Hall–Kier alpha value is -1.08. The van der Waals surface area contributed by atoms with E-state index < -0.39 is 34.1 Å². The van der Waals surface area contributed by atoms with Gasteiger partial charge >= 0.3 is 6.18 Å². The molecule has 22 heavy (non-hydrogen) atoms. The minimum atomic E-state index is -4.39. The van der Waals surface area contributed by atoms with E-state index >= 15 is 0 Å². The van der Waals surface area contributed by atoms with Crippen molar-refractivity contribution in [2.24, 2.45) is 11.3 Å². The topological polar surface area (TPSA) is 37.4 Å². The maximum atomic E-state index is 13.1. The molecule has 7 heteroatoms. The van der Waals surface area contributed by atoms with Gasteiger partial charge in [0.2, 0.25) is 10.0 Å². The molecule has 1 unspecified atom stereocenters. The van der Waals surface area contributed by atoms with E-state index in [1.807, 2.05) is 6.92 Å². The smallest absolute Gasteiger partial charge is 0.207 e. The Morgan fingerprint density at radius 2 is 1.73 bits per heavy atom. The summed E-state index contributed by atoms with van der Waals surface area (Å²) in [7, 11) is -3.91. The van der Waals surface area contributed by atoms with Crippen LogP contribution in [-0.2, 0) is 10.0 Å². The Balaban J connectivity index is 2.35. The summed E-state index contributed by atoms with van der Waals surface area (Å²) < 4.78 is 65.4. The van der Waals surface area contributed by atoms with Crippen molar-refractivity contribution in [2.45, 2.75) is 38.3 Å². The minimum absolute atomic E-state index is 0.0386. The third-order valence-corrected chi connectivity index (χ3v) is 5.77. The molecule has 1 aliphatic rings. The molecule has 3 nitrogen and oxygen atoms in total. The van der Waals surface area contributed by atoms with Crippen LogP contribution in [0.15, 0.2) is 29.2 Å². The van der Waals surface area contributed by atoms with Crippen molar-refractivity contribution in [3.63, 3.8) is 0 Å². The summed E-state index contributed by atoms with van der Waals surface area (Å²) in [5, 5.41) is 0. The van der Waals surface area contributed by atoms with Crippen LogP contribution in [0, 0.1) is 18.3 Å². The maximum absolute atomic E-state index is 13.1. The highest BCUT2D eigenvalue weighted by molar-refractivity contribution is 7.89. The van der Waals surface area contributed by atoms with Crippen LogP contribution in [0.1, 0.15) is 25.8 Å². The molecule has 1 atom stereocenters. The van der Waals surface area contributed by atoms with Crippen molar-refractivity contribution in [3.8, 4) is 0 Å². The lowest BCUT2D eigenvalue weighted by atomic mass is 9.79. The van der Waals surface area contributed by atoms with Gasteiger partial charge in [0, 0.05) is 13.1 Å². The summed E-state index contributed by atoms with van der Waals surface area (Å²) in [5.74, 6) is -1.63. The number of hydrogen-bond donors (Lipinski definition) is 0. The standard InChI is InChI=1S/C15H20F3NO2S/c1-11-4-6-13(7-5-11)22(20,21)19-9-12(15(16,17)18)8-14(2,3)10-19/h4-7,12H,8-10H2,1-3H3. The number of aryl methyl sites for hydroxylation is 1. The summed E-state index contributed by atoms with van der Waals surface area (Å²) in [6, 6.07) is 6.16. The number of nitrogens with zero attached hydrogens (tertiary/aromatic N) is 1. The van der Waals surface area contributed by atoms with Crippen LogP contribution in [0.3, 0.4) is 0 Å². The van der Waals surface area contributed by atoms with Gasteiger partial charge in [-0.1, -0.05) is 31.5 Å². The molecule has 1 saturated heterocycles. The van der Waals surface area contributed by atoms with Crippen LogP contribution in [0.25, 0.3) is 0 Å². The lowest BCUT2D eigenvalue weighted by molar-refractivity contribution is -0.192. The van der Waals surface area contributed by atoms with Crippen molar-refractivity contribution in [1.29, 1.82) is 0 Å². The predicted molar refractivity (Wildman–Crippen MR) is 77.9 cm³/mol. The number of piperidine rings is 1. The molecule has 0 bridgehead atoms. The zero-order valence-electron chi connectivity index (χ0n) is 12.8. The monoisotopic (exact) mass is 335 g/mol. The molecule has 124 valence electrons. The Labute approximate surface area is 129 Å². The second-order valence-corrected chi connectivity index (χ2v) is 8.66. The number of alkyl halides is 3. The number of halogens is 3. The first-order valence-electron chi connectivity index (χ1n) is 7.05. The van der Waals surface area contributed by atoms with Crippen LogP contribution in [0.4, 0.5) is 13.2 Å². The van der Waals surface area contributed by atoms with E-state index in [0.29, 0.717) is 0 Å². The first-order valence-corrected chi connectivity index (χ1v) is 8.49. The summed E-state index contributed by atoms with van der Waals surface area (Å²) >= 11 is 0. The van der Waals surface area contributed by atoms with Crippen LogP contribution in [-0.4, -0.2) is 32.0 Å². The van der Waals surface area contributed by atoms with E-state index in [0.717, 1.165) is 9.87 Å². The predicted octanol–water partition coefficient (Wildman–Crippen LogP) is 3.59. The van der Waals surface area contributed by atoms with Crippen molar-refractivity contribution in [1.82, 2.24) is 4.31 Å². The van der Waals surface area contributed by atoms with E-state index in [-0.39, 0.29) is 17.9 Å². The Bertz CT molecular complexity index is 636. The van der Waals surface area contributed by atoms with Gasteiger partial charge in [-0.15, -0.1) is 0 Å². The van der Waals surface area contributed by atoms with Crippen molar-refractivity contribution < 1.29 is 21.6 Å². The van der Waals surface area contributed by atoms with Gasteiger partial charge in [-0.3, -0.25) is 0 Å². The fraction of sp³-hybridized carbons (Fsp3) is 0.600. The maximum Gasteiger partial charge on any atom is 0.393 e. The minimum Gasteiger partial charge on any atom is -0.207 e. The Morgan fingerprint density at radius 1 is 1.18 bits per heavy atom. The molecule has 0 aliphatic carbocycles. The molecular weight excluding hydrogens is 315 g/mol. The van der Waals surface area contributed by atoms with E-state index in [1.54, 1.807) is 26.0 Å². The van der Waals surface area contributed by atoms with Gasteiger partial charge in [-0.25, -0.2) is 8.42 Å². The van der Waals surface area contributed by atoms with Crippen molar-refractivity contribution in [3.05, 3.63) is 29.8 Å². The fourth-order valence-corrected chi connectivity index (χ4v) is 4.52. The molecule has 1 aromatic rings. The second kappa shape index (κ2) is 5.53. The highest BCUT2D eigenvalue weighted by atomic mass is 32.2. The van der Waals surface area contributed by atoms with Crippen LogP contribution < -0.4 is 0 Å². The molecule has 0 saturated carbocycles. The molecule has 0 N–H and O–H groups in total. The first-order chi connectivity index (χ1) is 9.92. The van der Waals surface area contributed by atoms with Crippen LogP contribution in [0.5, 0.6) is 0 Å². The summed E-state index contributed by atoms with van der Waals surface area (Å²) in [4.78, 5) is 0.0386. The molecule has 0 spiro atoms.